The Balaban J connectivity index is 1.84. The molecule has 1 aliphatic rings. The number of rotatable bonds is 5. The van der Waals surface area contributed by atoms with Gasteiger partial charge in [0.25, 0.3) is 0 Å². The van der Waals surface area contributed by atoms with E-state index >= 15 is 0 Å². The molecule has 0 radical (unpaired) electrons. The highest BCUT2D eigenvalue weighted by molar-refractivity contribution is 5.88. The summed E-state index contributed by atoms with van der Waals surface area (Å²) < 4.78 is 3.84. The predicted molar refractivity (Wildman–Crippen MR) is 90.6 cm³/mol. The zero-order valence-electron chi connectivity index (χ0n) is 14.7. The van der Waals surface area contributed by atoms with E-state index in [9.17, 15) is 9.59 Å². The van der Waals surface area contributed by atoms with E-state index in [1.165, 1.54) is 0 Å². The van der Waals surface area contributed by atoms with Gasteiger partial charge in [0.15, 0.2) is 0 Å². The Labute approximate surface area is 146 Å². The lowest BCUT2D eigenvalue weighted by Gasteiger charge is -2.34. The molecule has 1 saturated heterocycles. The summed E-state index contributed by atoms with van der Waals surface area (Å²) in [7, 11) is 1.58. The topological polar surface area (TPSA) is 97.1 Å². The van der Waals surface area contributed by atoms with E-state index in [0.29, 0.717) is 19.6 Å². The summed E-state index contributed by atoms with van der Waals surface area (Å²) in [4.78, 5) is 26.1. The van der Waals surface area contributed by atoms with Crippen molar-refractivity contribution in [3.63, 3.8) is 0 Å². The van der Waals surface area contributed by atoms with Gasteiger partial charge in [-0.15, -0.1) is 10.2 Å². The van der Waals surface area contributed by atoms with Gasteiger partial charge in [-0.05, 0) is 25.5 Å². The van der Waals surface area contributed by atoms with Crippen LogP contribution in [0.5, 0.6) is 0 Å². The molecule has 0 spiro atoms. The molecule has 9 heteroatoms. The molecule has 134 valence electrons. The maximum atomic E-state index is 12.2. The van der Waals surface area contributed by atoms with Crippen LogP contribution in [-0.4, -0.2) is 62.4 Å². The van der Waals surface area contributed by atoms with Crippen molar-refractivity contribution in [1.29, 1.82) is 0 Å². The van der Waals surface area contributed by atoms with Crippen LogP contribution in [0.3, 0.4) is 0 Å². The summed E-state index contributed by atoms with van der Waals surface area (Å²) in [6.07, 6.45) is 3.45. The highest BCUT2D eigenvalue weighted by Gasteiger charge is 2.32. The molecule has 9 nitrogen and oxygen atoms in total. The molecule has 3 heterocycles. The van der Waals surface area contributed by atoms with E-state index in [1.54, 1.807) is 19.7 Å². The molecule has 3 rings (SSSR count). The molecule has 2 aromatic heterocycles. The lowest BCUT2D eigenvalue weighted by Crippen LogP contribution is -2.56. The van der Waals surface area contributed by atoms with Gasteiger partial charge in [0.2, 0.25) is 11.8 Å². The highest BCUT2D eigenvalue weighted by Crippen LogP contribution is 2.20. The number of amides is 2. The Hall–Kier alpha value is -2.68. The highest BCUT2D eigenvalue weighted by atomic mass is 16.2. The maximum Gasteiger partial charge on any atom is 0.237 e. The van der Waals surface area contributed by atoms with Crippen LogP contribution in [-0.2, 0) is 16.1 Å². The second kappa shape index (κ2) is 7.06. The molecule has 25 heavy (non-hydrogen) atoms. The molecule has 0 unspecified atom stereocenters. The normalized spacial score (nSPS) is 18.2. The van der Waals surface area contributed by atoms with Crippen LogP contribution in [0.1, 0.15) is 23.4 Å². The third-order valence-corrected chi connectivity index (χ3v) is 4.61. The molecule has 0 bridgehead atoms. The van der Waals surface area contributed by atoms with Crippen LogP contribution in [0.15, 0.2) is 18.7 Å². The first-order chi connectivity index (χ1) is 12.0. The summed E-state index contributed by atoms with van der Waals surface area (Å²) in [5.41, 5.74) is 3.22. The zero-order valence-corrected chi connectivity index (χ0v) is 14.7. The van der Waals surface area contributed by atoms with E-state index in [-0.39, 0.29) is 18.2 Å². The lowest BCUT2D eigenvalue weighted by molar-refractivity contribution is -0.134. The van der Waals surface area contributed by atoms with Crippen molar-refractivity contribution in [2.75, 3.05) is 20.1 Å². The van der Waals surface area contributed by atoms with Crippen LogP contribution < -0.4 is 10.6 Å². The van der Waals surface area contributed by atoms with E-state index in [2.05, 4.69) is 31.8 Å². The van der Waals surface area contributed by atoms with Crippen molar-refractivity contribution >= 4 is 11.8 Å². The van der Waals surface area contributed by atoms with Crippen molar-refractivity contribution in [2.45, 2.75) is 32.9 Å². The van der Waals surface area contributed by atoms with Gasteiger partial charge in [-0.2, -0.15) is 0 Å². The quantitative estimate of drug-likeness (QED) is 0.757. The van der Waals surface area contributed by atoms with Crippen LogP contribution in [0.25, 0.3) is 0 Å². The number of aromatic nitrogens is 4. The first kappa shape index (κ1) is 17.2. The molecule has 1 fully saturated rings. The van der Waals surface area contributed by atoms with Crippen molar-refractivity contribution in [3.8, 4) is 0 Å². The largest absolute Gasteiger partial charge is 0.359 e. The third kappa shape index (κ3) is 3.41. The van der Waals surface area contributed by atoms with Gasteiger partial charge < -0.3 is 10.6 Å². The fourth-order valence-electron chi connectivity index (χ4n) is 3.30. The number of aryl methyl sites for hydroxylation is 1. The Morgan fingerprint density at radius 1 is 1.36 bits per heavy atom. The van der Waals surface area contributed by atoms with Gasteiger partial charge in [0.1, 0.15) is 12.7 Å². The fraction of sp³-hybridized carbons (Fsp3) is 0.500. The van der Waals surface area contributed by atoms with Gasteiger partial charge >= 0.3 is 0 Å². The summed E-state index contributed by atoms with van der Waals surface area (Å²) in [5.74, 6) is -0.232. The Kier molecular flexibility index (Phi) is 4.84. The van der Waals surface area contributed by atoms with E-state index in [1.807, 2.05) is 23.2 Å². The Morgan fingerprint density at radius 3 is 2.76 bits per heavy atom. The summed E-state index contributed by atoms with van der Waals surface area (Å²) in [6.45, 7) is 5.95. The lowest BCUT2D eigenvalue weighted by atomic mass is 10.1. The summed E-state index contributed by atoms with van der Waals surface area (Å²) in [6, 6.07) is 1.64. The van der Waals surface area contributed by atoms with E-state index in [0.717, 1.165) is 17.0 Å². The fourth-order valence-corrected chi connectivity index (χ4v) is 3.30. The first-order valence-electron chi connectivity index (χ1n) is 8.26. The Bertz CT molecular complexity index is 766. The molecular weight excluding hydrogens is 322 g/mol. The third-order valence-electron chi connectivity index (χ3n) is 4.61. The number of carbonyl (C=O) groups is 2. The summed E-state index contributed by atoms with van der Waals surface area (Å²) >= 11 is 0. The molecule has 1 atom stereocenters. The van der Waals surface area contributed by atoms with Crippen LogP contribution >= 0.6 is 0 Å². The SMILES string of the molecule is CNC(=O)C[C@H]1C(=O)NCCN1Cc1cc(C)n(-n2cnnc2)c1C. The van der Waals surface area contributed by atoms with Gasteiger partial charge in [-0.3, -0.25) is 19.2 Å². The monoisotopic (exact) mass is 345 g/mol. The number of nitrogens with one attached hydrogen (secondary N) is 2. The zero-order chi connectivity index (χ0) is 18.0. The van der Waals surface area contributed by atoms with Crippen molar-refractivity contribution in [2.24, 2.45) is 0 Å². The number of hydrogen-bond acceptors (Lipinski definition) is 5. The molecule has 0 aromatic carbocycles. The average molecular weight is 345 g/mol. The maximum absolute atomic E-state index is 12.2. The minimum Gasteiger partial charge on any atom is -0.359 e. The average Bonchev–Trinajstić information content (AvgIpc) is 3.19. The van der Waals surface area contributed by atoms with Gasteiger partial charge in [-0.1, -0.05) is 0 Å². The second-order valence-electron chi connectivity index (χ2n) is 6.20. The van der Waals surface area contributed by atoms with Crippen molar-refractivity contribution in [3.05, 3.63) is 35.7 Å². The molecule has 1 aliphatic heterocycles. The number of piperazine rings is 1. The van der Waals surface area contributed by atoms with Gasteiger partial charge in [-0.25, -0.2) is 4.68 Å². The van der Waals surface area contributed by atoms with Crippen molar-refractivity contribution in [1.82, 2.24) is 35.1 Å². The molecule has 2 N–H and O–H groups in total. The molecule has 2 aromatic rings. The van der Waals surface area contributed by atoms with Gasteiger partial charge in [0.05, 0.1) is 12.5 Å². The molecule has 0 saturated carbocycles. The minimum atomic E-state index is -0.452. The number of hydrogen-bond donors (Lipinski definition) is 2. The van der Waals surface area contributed by atoms with Crippen molar-refractivity contribution < 1.29 is 9.59 Å². The molecule has 0 aliphatic carbocycles. The van der Waals surface area contributed by atoms with Crippen LogP contribution in [0.4, 0.5) is 0 Å². The van der Waals surface area contributed by atoms with Crippen LogP contribution in [0.2, 0.25) is 0 Å². The predicted octanol–water partition coefficient (Wildman–Crippen LogP) is -0.556. The Morgan fingerprint density at radius 2 is 2.08 bits per heavy atom. The second-order valence-corrected chi connectivity index (χ2v) is 6.20. The minimum absolute atomic E-state index is 0.0949. The van der Waals surface area contributed by atoms with E-state index in [4.69, 9.17) is 0 Å². The standard InChI is InChI=1S/C16H23N7O2/c1-11-6-13(12(2)23(11)22-9-19-20-10-22)8-21-5-4-18-16(25)14(21)7-15(24)17-3/h6,9-10,14H,4-5,7-8H2,1-3H3,(H,17,24)(H,18,25)/t14-/m0/s1. The van der Waals surface area contributed by atoms with Crippen LogP contribution in [0, 0.1) is 13.8 Å². The molecular formula is C16H23N7O2. The summed E-state index contributed by atoms with van der Waals surface area (Å²) in [5, 5.41) is 13.1. The molecule has 2 amide bonds. The van der Waals surface area contributed by atoms with Gasteiger partial charge in [0, 0.05) is 38.1 Å². The number of carbonyl (C=O) groups excluding carboxylic acids is 2. The smallest absolute Gasteiger partial charge is 0.237 e. The first-order valence-corrected chi connectivity index (χ1v) is 8.26. The van der Waals surface area contributed by atoms with E-state index < -0.39 is 6.04 Å². The number of nitrogens with zero attached hydrogens (tertiary/aromatic N) is 5.